The van der Waals surface area contributed by atoms with Crippen molar-refractivity contribution in [2.75, 3.05) is 12.4 Å². The van der Waals surface area contributed by atoms with E-state index in [0.717, 1.165) is 12.8 Å². The lowest BCUT2D eigenvalue weighted by Gasteiger charge is -2.27. The fourth-order valence-corrected chi connectivity index (χ4v) is 2.56. The van der Waals surface area contributed by atoms with Crippen molar-refractivity contribution in [1.82, 2.24) is 0 Å². The Morgan fingerprint density at radius 2 is 2.05 bits per heavy atom. The zero-order valence-electron chi connectivity index (χ0n) is 11.5. The Balaban J connectivity index is 2.12. The minimum absolute atomic E-state index is 0.0460. The first kappa shape index (κ1) is 14.4. The normalized spacial score (nSPS) is 20.2. The van der Waals surface area contributed by atoms with Gasteiger partial charge in [-0.3, -0.25) is 4.79 Å². The summed E-state index contributed by atoms with van der Waals surface area (Å²) >= 11 is 0. The maximum atomic E-state index is 11.9. The Morgan fingerprint density at radius 3 is 2.60 bits per heavy atom. The number of ketones is 1. The van der Waals surface area contributed by atoms with Crippen molar-refractivity contribution in [3.05, 3.63) is 24.3 Å². The van der Waals surface area contributed by atoms with Gasteiger partial charge in [0.2, 0.25) is 0 Å². The molecule has 1 fully saturated rings. The maximum absolute atomic E-state index is 11.9. The summed E-state index contributed by atoms with van der Waals surface area (Å²) in [6.07, 6.45) is 2.90. The van der Waals surface area contributed by atoms with Gasteiger partial charge >= 0.3 is 5.97 Å². The van der Waals surface area contributed by atoms with E-state index in [1.165, 1.54) is 0 Å². The zero-order chi connectivity index (χ0) is 14.5. The molecule has 0 saturated heterocycles. The molecule has 5 heteroatoms. The molecule has 0 amide bonds. The molecule has 0 bridgehead atoms. The summed E-state index contributed by atoms with van der Waals surface area (Å²) < 4.78 is 5.06. The molecule has 1 saturated carbocycles. The number of nitrogens with one attached hydrogen (secondary N) is 1. The third-order valence-electron chi connectivity index (χ3n) is 3.68. The molecule has 0 spiro atoms. The van der Waals surface area contributed by atoms with Crippen LogP contribution in [0.3, 0.4) is 0 Å². The van der Waals surface area contributed by atoms with Gasteiger partial charge in [-0.15, -0.1) is 0 Å². The lowest BCUT2D eigenvalue weighted by Crippen LogP contribution is -2.42. The fourth-order valence-electron chi connectivity index (χ4n) is 2.56. The second kappa shape index (κ2) is 6.41. The summed E-state index contributed by atoms with van der Waals surface area (Å²) in [5, 5.41) is 12.3. The lowest BCUT2D eigenvalue weighted by atomic mass is 9.82. The molecule has 108 valence electrons. The highest BCUT2D eigenvalue weighted by Crippen LogP contribution is 2.26. The van der Waals surface area contributed by atoms with E-state index in [9.17, 15) is 14.7 Å². The molecule has 2 rings (SSSR count). The quantitative estimate of drug-likeness (QED) is 0.863. The van der Waals surface area contributed by atoms with E-state index >= 15 is 0 Å². The first-order valence-electron chi connectivity index (χ1n) is 6.78. The Kier molecular flexibility index (Phi) is 4.61. The Bertz CT molecular complexity index is 483. The van der Waals surface area contributed by atoms with E-state index in [-0.39, 0.29) is 5.78 Å². The van der Waals surface area contributed by atoms with Crippen LogP contribution in [0.15, 0.2) is 24.3 Å². The molecule has 0 heterocycles. The Morgan fingerprint density at radius 1 is 1.35 bits per heavy atom. The molecule has 5 nitrogen and oxygen atoms in total. The molecule has 2 N–H and O–H groups in total. The van der Waals surface area contributed by atoms with Crippen LogP contribution in [0.1, 0.15) is 25.7 Å². The van der Waals surface area contributed by atoms with Crippen molar-refractivity contribution in [3.8, 4) is 5.75 Å². The SMILES string of the molecule is COc1ccc(NC(C(=O)O)[C@H]2CCCCC2=O)cc1. The maximum Gasteiger partial charge on any atom is 0.326 e. The van der Waals surface area contributed by atoms with Gasteiger partial charge in [-0.25, -0.2) is 4.79 Å². The summed E-state index contributed by atoms with van der Waals surface area (Å²) in [6.45, 7) is 0. The summed E-state index contributed by atoms with van der Waals surface area (Å²) in [5.74, 6) is -0.676. The van der Waals surface area contributed by atoms with Gasteiger partial charge in [-0.05, 0) is 37.1 Å². The van der Waals surface area contributed by atoms with E-state index in [2.05, 4.69) is 5.32 Å². The van der Waals surface area contributed by atoms with Gasteiger partial charge in [0, 0.05) is 18.0 Å². The van der Waals surface area contributed by atoms with Crippen molar-refractivity contribution in [3.63, 3.8) is 0 Å². The predicted molar refractivity (Wildman–Crippen MR) is 75.0 cm³/mol. The van der Waals surface area contributed by atoms with Crippen LogP contribution >= 0.6 is 0 Å². The van der Waals surface area contributed by atoms with Gasteiger partial charge < -0.3 is 15.2 Å². The number of methoxy groups -OCH3 is 1. The molecule has 1 aliphatic carbocycles. The number of anilines is 1. The summed E-state index contributed by atoms with van der Waals surface area (Å²) in [5.41, 5.74) is 0.677. The van der Waals surface area contributed by atoms with Crippen molar-refractivity contribution in [1.29, 1.82) is 0 Å². The van der Waals surface area contributed by atoms with Crippen molar-refractivity contribution < 1.29 is 19.4 Å². The van der Waals surface area contributed by atoms with E-state index in [1.807, 2.05) is 0 Å². The number of carboxylic acids is 1. The van der Waals surface area contributed by atoms with E-state index in [0.29, 0.717) is 24.3 Å². The summed E-state index contributed by atoms with van der Waals surface area (Å²) in [4.78, 5) is 23.3. The average Bonchev–Trinajstić information content (AvgIpc) is 2.46. The number of carboxylic acid groups (broad SMARTS) is 1. The smallest absolute Gasteiger partial charge is 0.326 e. The first-order valence-corrected chi connectivity index (χ1v) is 6.78. The number of benzene rings is 1. The molecule has 1 aliphatic rings. The Hall–Kier alpha value is -2.04. The minimum atomic E-state index is -0.985. The third-order valence-corrected chi connectivity index (χ3v) is 3.68. The average molecular weight is 277 g/mol. The van der Waals surface area contributed by atoms with Gasteiger partial charge in [0.1, 0.15) is 17.6 Å². The van der Waals surface area contributed by atoms with Gasteiger partial charge in [0.25, 0.3) is 0 Å². The molecular weight excluding hydrogens is 258 g/mol. The van der Waals surface area contributed by atoms with E-state index in [4.69, 9.17) is 4.74 Å². The number of hydrogen-bond acceptors (Lipinski definition) is 4. The highest BCUT2D eigenvalue weighted by atomic mass is 16.5. The summed E-state index contributed by atoms with van der Waals surface area (Å²) in [7, 11) is 1.57. The molecule has 2 atom stereocenters. The van der Waals surface area contributed by atoms with Crippen LogP contribution in [-0.2, 0) is 9.59 Å². The van der Waals surface area contributed by atoms with Crippen LogP contribution in [0, 0.1) is 5.92 Å². The number of aliphatic carboxylic acids is 1. The van der Waals surface area contributed by atoms with Crippen molar-refractivity contribution in [2.24, 2.45) is 5.92 Å². The molecule has 1 unspecified atom stereocenters. The fraction of sp³-hybridized carbons (Fsp3) is 0.467. The van der Waals surface area contributed by atoms with E-state index < -0.39 is 17.9 Å². The molecule has 0 aliphatic heterocycles. The second-order valence-electron chi connectivity index (χ2n) is 5.01. The van der Waals surface area contributed by atoms with Crippen LogP contribution in [0.4, 0.5) is 5.69 Å². The van der Waals surface area contributed by atoms with Crippen LogP contribution in [0.2, 0.25) is 0 Å². The van der Waals surface area contributed by atoms with Gasteiger partial charge in [-0.2, -0.15) is 0 Å². The number of ether oxygens (including phenoxy) is 1. The zero-order valence-corrected chi connectivity index (χ0v) is 11.5. The van der Waals surface area contributed by atoms with E-state index in [1.54, 1.807) is 31.4 Å². The molecule has 1 aromatic rings. The summed E-state index contributed by atoms with van der Waals surface area (Å²) in [6, 6.07) is 6.15. The highest BCUT2D eigenvalue weighted by Gasteiger charge is 2.34. The van der Waals surface area contributed by atoms with Crippen LogP contribution in [0.25, 0.3) is 0 Å². The first-order chi connectivity index (χ1) is 9.61. The van der Waals surface area contributed by atoms with Crippen LogP contribution < -0.4 is 10.1 Å². The van der Waals surface area contributed by atoms with Crippen molar-refractivity contribution >= 4 is 17.4 Å². The molecule has 0 aromatic heterocycles. The molecule has 0 radical (unpaired) electrons. The van der Waals surface area contributed by atoms with Crippen LogP contribution in [-0.4, -0.2) is 30.0 Å². The third kappa shape index (κ3) is 3.29. The highest BCUT2D eigenvalue weighted by molar-refractivity contribution is 5.90. The van der Waals surface area contributed by atoms with Crippen LogP contribution in [0.5, 0.6) is 5.75 Å². The van der Waals surface area contributed by atoms with Gasteiger partial charge in [-0.1, -0.05) is 6.42 Å². The van der Waals surface area contributed by atoms with Gasteiger partial charge in [0.05, 0.1) is 7.11 Å². The molecular formula is C15H19NO4. The number of carbonyl (C=O) groups excluding carboxylic acids is 1. The number of Topliss-reactive ketones (excluding diaryl/α,β-unsaturated/α-hetero) is 1. The topological polar surface area (TPSA) is 75.6 Å². The number of hydrogen-bond donors (Lipinski definition) is 2. The standard InChI is InChI=1S/C15H19NO4/c1-20-11-8-6-10(7-9-11)16-14(15(18)19)12-4-2-3-5-13(12)17/h6-9,12,14,16H,2-5H2,1H3,(H,18,19)/t12-,14?/m0/s1. The number of rotatable bonds is 5. The minimum Gasteiger partial charge on any atom is -0.497 e. The second-order valence-corrected chi connectivity index (χ2v) is 5.01. The van der Waals surface area contributed by atoms with Gasteiger partial charge in [0.15, 0.2) is 0 Å². The predicted octanol–water partition coefficient (Wildman–Crippen LogP) is 2.32. The number of carbonyl (C=O) groups is 2. The monoisotopic (exact) mass is 277 g/mol. The largest absolute Gasteiger partial charge is 0.497 e. The molecule has 1 aromatic carbocycles. The lowest BCUT2D eigenvalue weighted by molar-refractivity contribution is -0.142. The molecule has 20 heavy (non-hydrogen) atoms. The Labute approximate surface area is 117 Å². The van der Waals surface area contributed by atoms with Crippen molar-refractivity contribution in [2.45, 2.75) is 31.7 Å².